The number of esters is 3. The van der Waals surface area contributed by atoms with Crippen molar-refractivity contribution in [3.05, 3.63) is 0 Å². The number of nitrogens with zero attached hydrogens (tertiary/aromatic N) is 5. The van der Waals surface area contributed by atoms with E-state index in [1.54, 1.807) is 0 Å². The average Bonchev–Trinajstić information content (AvgIpc) is 2.91. The van der Waals surface area contributed by atoms with Crippen LogP contribution in [0.5, 0.6) is 0 Å². The lowest BCUT2D eigenvalue weighted by Gasteiger charge is -2.34. The van der Waals surface area contributed by atoms with Crippen LogP contribution >= 0.6 is 0 Å². The van der Waals surface area contributed by atoms with Crippen LogP contribution in [-0.4, -0.2) is 183 Å². The molecular formula is C34H68N8O7. The van der Waals surface area contributed by atoms with Crippen LogP contribution in [0.3, 0.4) is 0 Å². The molecule has 0 aromatic carbocycles. The fourth-order valence-corrected chi connectivity index (χ4v) is 5.19. The largest absolute Gasteiger partial charge is 0.459 e. The third kappa shape index (κ3) is 23.6. The maximum Gasteiger partial charge on any atom is 0.320 e. The summed E-state index contributed by atoms with van der Waals surface area (Å²) >= 11 is 0. The van der Waals surface area contributed by atoms with Gasteiger partial charge in [-0.15, -0.1) is 0 Å². The summed E-state index contributed by atoms with van der Waals surface area (Å²) in [5.74, 6) is -1.15. The zero-order chi connectivity index (χ0) is 37.3. The molecule has 5 N–H and O–H groups in total. The Labute approximate surface area is 295 Å². The van der Waals surface area contributed by atoms with Gasteiger partial charge < -0.3 is 31.0 Å². The van der Waals surface area contributed by atoms with Crippen molar-refractivity contribution in [1.82, 2.24) is 29.8 Å². The van der Waals surface area contributed by atoms with Gasteiger partial charge in [0.25, 0.3) is 0 Å². The van der Waals surface area contributed by atoms with E-state index in [2.05, 4.69) is 10.2 Å². The van der Waals surface area contributed by atoms with Gasteiger partial charge >= 0.3 is 17.9 Å². The van der Waals surface area contributed by atoms with E-state index >= 15 is 0 Å². The summed E-state index contributed by atoms with van der Waals surface area (Å²) in [6.07, 6.45) is 0. The smallest absolute Gasteiger partial charge is 0.320 e. The van der Waals surface area contributed by atoms with Gasteiger partial charge in [-0.05, 0) is 62.3 Å². The van der Waals surface area contributed by atoms with E-state index in [0.29, 0.717) is 91.6 Å². The van der Waals surface area contributed by atoms with Gasteiger partial charge in [-0.1, -0.05) is 0 Å². The number of nitrogens with two attached hydrogens (primary N) is 2. The summed E-state index contributed by atoms with van der Waals surface area (Å²) in [5, 5.41) is 3.01. The Morgan fingerprint density at radius 1 is 0.531 bits per heavy atom. The van der Waals surface area contributed by atoms with Crippen molar-refractivity contribution in [2.24, 2.45) is 11.5 Å². The number of amides is 1. The lowest BCUT2D eigenvalue weighted by Crippen LogP contribution is -2.50. The summed E-state index contributed by atoms with van der Waals surface area (Å²) < 4.78 is 16.8. The van der Waals surface area contributed by atoms with Gasteiger partial charge in [0.1, 0.15) is 16.8 Å². The predicted molar refractivity (Wildman–Crippen MR) is 191 cm³/mol. The average molecular weight is 701 g/mol. The summed E-state index contributed by atoms with van der Waals surface area (Å²) in [5.41, 5.74) is 9.55. The first-order valence-electron chi connectivity index (χ1n) is 17.6. The molecule has 0 atom stereocenters. The van der Waals surface area contributed by atoms with Crippen LogP contribution in [0.2, 0.25) is 0 Å². The number of hydrogen-bond donors (Lipinski definition) is 3. The zero-order valence-corrected chi connectivity index (χ0v) is 32.0. The molecule has 1 aliphatic heterocycles. The van der Waals surface area contributed by atoms with Crippen molar-refractivity contribution in [2.75, 3.05) is 118 Å². The highest BCUT2D eigenvalue weighted by molar-refractivity contribution is 5.78. The second kappa shape index (κ2) is 21.7. The van der Waals surface area contributed by atoms with E-state index in [0.717, 1.165) is 0 Å². The summed E-state index contributed by atoms with van der Waals surface area (Å²) in [4.78, 5) is 61.9. The Morgan fingerprint density at radius 2 is 0.816 bits per heavy atom. The first-order valence-corrected chi connectivity index (χ1v) is 17.6. The van der Waals surface area contributed by atoms with E-state index in [9.17, 15) is 19.2 Å². The van der Waals surface area contributed by atoms with E-state index in [1.807, 2.05) is 81.9 Å². The van der Waals surface area contributed by atoms with Gasteiger partial charge in [-0.25, -0.2) is 0 Å². The molecule has 1 rings (SSSR count). The van der Waals surface area contributed by atoms with Crippen LogP contribution in [-0.2, 0) is 33.4 Å². The highest BCUT2D eigenvalue weighted by Gasteiger charge is 2.26. The van der Waals surface area contributed by atoms with E-state index < -0.39 is 16.8 Å². The lowest BCUT2D eigenvalue weighted by atomic mass is 10.2. The van der Waals surface area contributed by atoms with Crippen molar-refractivity contribution in [3.63, 3.8) is 0 Å². The first-order chi connectivity index (χ1) is 22.7. The lowest BCUT2D eigenvalue weighted by molar-refractivity contribution is -0.158. The summed E-state index contributed by atoms with van der Waals surface area (Å²) in [6, 6.07) is 0. The minimum atomic E-state index is -0.627. The van der Waals surface area contributed by atoms with E-state index in [4.69, 9.17) is 25.7 Å². The van der Waals surface area contributed by atoms with Crippen molar-refractivity contribution in [2.45, 2.75) is 79.1 Å². The van der Waals surface area contributed by atoms with Gasteiger partial charge in [0.15, 0.2) is 0 Å². The number of rotatable bonds is 15. The second-order valence-electron chi connectivity index (χ2n) is 15.6. The number of hydrogen-bond acceptors (Lipinski definition) is 14. The molecule has 0 spiro atoms. The van der Waals surface area contributed by atoms with Crippen LogP contribution in [0.15, 0.2) is 0 Å². The monoisotopic (exact) mass is 701 g/mol. The van der Waals surface area contributed by atoms with Gasteiger partial charge in [0.05, 0.1) is 26.2 Å². The molecule has 15 nitrogen and oxygen atoms in total. The summed E-state index contributed by atoms with van der Waals surface area (Å²) in [6.45, 7) is 24.3. The van der Waals surface area contributed by atoms with E-state index in [1.165, 1.54) is 0 Å². The Balaban J connectivity index is 3.18. The standard InChI is InChI=1S/C34H68N8O7/c1-32(2,3)47-29(44)25-40-18-16-39(24-28(43)37-12-15-38(13-10-35)14-11-36)17-19-41(26-30(45)48-33(4,5)6)21-23-42(22-20-40)27-31(46)49-34(7,8)9/h10-27,35-36H2,1-9H3,(H,37,43). The van der Waals surface area contributed by atoms with Gasteiger partial charge in [-0.2, -0.15) is 0 Å². The fraction of sp³-hybridized carbons (Fsp3) is 0.882. The van der Waals surface area contributed by atoms with Gasteiger partial charge in [0, 0.05) is 91.6 Å². The molecule has 0 aromatic heterocycles. The van der Waals surface area contributed by atoms with Crippen LogP contribution in [0, 0.1) is 0 Å². The molecule has 0 unspecified atom stereocenters. The molecule has 286 valence electrons. The molecule has 0 radical (unpaired) electrons. The maximum absolute atomic E-state index is 13.1. The summed E-state index contributed by atoms with van der Waals surface area (Å²) in [7, 11) is 0. The first kappa shape index (κ1) is 44.6. The molecule has 0 aliphatic carbocycles. The molecular weight excluding hydrogens is 632 g/mol. The van der Waals surface area contributed by atoms with Crippen LogP contribution in [0.4, 0.5) is 0 Å². The molecule has 15 heteroatoms. The molecule has 1 saturated heterocycles. The maximum atomic E-state index is 13.1. The fourth-order valence-electron chi connectivity index (χ4n) is 5.19. The number of carbonyl (C=O) groups is 4. The molecule has 0 saturated carbocycles. The Kier molecular flexibility index (Phi) is 19.8. The normalized spacial score (nSPS) is 17.2. The second-order valence-corrected chi connectivity index (χ2v) is 15.6. The topological polar surface area (TPSA) is 176 Å². The molecule has 1 aliphatic rings. The quantitative estimate of drug-likeness (QED) is 0.148. The minimum Gasteiger partial charge on any atom is -0.459 e. The van der Waals surface area contributed by atoms with Gasteiger partial charge in [-0.3, -0.25) is 43.7 Å². The molecule has 0 aromatic rings. The zero-order valence-electron chi connectivity index (χ0n) is 32.0. The van der Waals surface area contributed by atoms with Crippen molar-refractivity contribution < 1.29 is 33.4 Å². The Bertz CT molecular complexity index is 958. The highest BCUT2D eigenvalue weighted by atomic mass is 16.6. The number of nitrogens with one attached hydrogen (secondary N) is 1. The third-order valence-corrected chi connectivity index (χ3v) is 7.26. The van der Waals surface area contributed by atoms with Crippen molar-refractivity contribution in [1.29, 1.82) is 0 Å². The van der Waals surface area contributed by atoms with Crippen molar-refractivity contribution in [3.8, 4) is 0 Å². The Hall–Kier alpha value is -2.40. The molecule has 0 bridgehead atoms. The molecule has 1 amide bonds. The molecule has 1 heterocycles. The predicted octanol–water partition coefficient (Wildman–Crippen LogP) is -0.431. The minimum absolute atomic E-state index is 0.0676. The SMILES string of the molecule is CC(C)(C)OC(=O)CN1CCN(CC(=O)NCCN(CCN)CCN)CCN(CC(=O)OC(C)(C)C)CCN(CC(=O)OC(C)(C)C)CC1. The number of ether oxygens (including phenoxy) is 3. The number of carbonyl (C=O) groups excluding carboxylic acids is 4. The van der Waals surface area contributed by atoms with Crippen LogP contribution < -0.4 is 16.8 Å². The highest BCUT2D eigenvalue weighted by Crippen LogP contribution is 2.11. The van der Waals surface area contributed by atoms with Gasteiger partial charge in [0.2, 0.25) is 5.91 Å². The van der Waals surface area contributed by atoms with Crippen LogP contribution in [0.1, 0.15) is 62.3 Å². The molecule has 49 heavy (non-hydrogen) atoms. The van der Waals surface area contributed by atoms with Crippen LogP contribution in [0.25, 0.3) is 0 Å². The Morgan fingerprint density at radius 3 is 1.08 bits per heavy atom. The van der Waals surface area contributed by atoms with Crippen molar-refractivity contribution >= 4 is 23.8 Å². The molecule has 1 fully saturated rings. The third-order valence-electron chi connectivity index (χ3n) is 7.26. The van der Waals surface area contributed by atoms with E-state index in [-0.39, 0.29) is 50.0 Å².